The van der Waals surface area contributed by atoms with Crippen LogP contribution < -0.4 is 5.73 Å². The minimum absolute atomic E-state index is 0.341. The lowest BCUT2D eigenvalue weighted by molar-refractivity contribution is 0.620. The Morgan fingerprint density at radius 2 is 2.27 bits per heavy atom. The van der Waals surface area contributed by atoms with E-state index in [9.17, 15) is 4.39 Å². The number of hydrogen-bond donors (Lipinski definition) is 1. The van der Waals surface area contributed by atoms with Gasteiger partial charge in [0.2, 0.25) is 0 Å². The van der Waals surface area contributed by atoms with Crippen LogP contribution in [-0.2, 0) is 6.54 Å². The number of halogens is 1. The van der Waals surface area contributed by atoms with Crippen molar-refractivity contribution in [2.75, 3.05) is 5.73 Å². The van der Waals surface area contributed by atoms with Crippen molar-refractivity contribution < 1.29 is 4.39 Å². The Hall–Kier alpha value is -1.91. The van der Waals surface area contributed by atoms with Gasteiger partial charge < -0.3 is 5.73 Å². The zero-order chi connectivity index (χ0) is 10.8. The van der Waals surface area contributed by atoms with Gasteiger partial charge in [-0.1, -0.05) is 0 Å². The summed E-state index contributed by atoms with van der Waals surface area (Å²) in [5.41, 5.74) is 6.50. The molecule has 78 valence electrons. The zero-order valence-corrected chi connectivity index (χ0v) is 8.31. The molecule has 0 amide bonds. The summed E-state index contributed by atoms with van der Waals surface area (Å²) in [5, 5.41) is 3.98. The maximum absolute atomic E-state index is 13.5. The fourth-order valence-electron chi connectivity index (χ4n) is 1.42. The Kier molecular flexibility index (Phi) is 2.37. The van der Waals surface area contributed by atoms with E-state index < -0.39 is 0 Å². The molecule has 2 rings (SSSR count). The van der Waals surface area contributed by atoms with Crippen LogP contribution >= 0.6 is 0 Å². The highest BCUT2D eigenvalue weighted by atomic mass is 19.1. The van der Waals surface area contributed by atoms with Crippen LogP contribution in [0.25, 0.3) is 11.4 Å². The maximum Gasteiger partial charge on any atom is 0.161 e. The first kappa shape index (κ1) is 9.64. The topological polar surface area (TPSA) is 56.7 Å². The van der Waals surface area contributed by atoms with E-state index in [1.54, 1.807) is 10.7 Å². The number of anilines is 1. The summed E-state index contributed by atoms with van der Waals surface area (Å²) < 4.78 is 15.1. The molecule has 15 heavy (non-hydrogen) atoms. The molecule has 0 radical (unpaired) electrons. The number of benzene rings is 1. The largest absolute Gasteiger partial charge is 0.399 e. The van der Waals surface area contributed by atoms with Gasteiger partial charge in [0.15, 0.2) is 5.82 Å². The van der Waals surface area contributed by atoms with E-state index in [0.717, 1.165) is 0 Å². The maximum atomic E-state index is 13.5. The zero-order valence-electron chi connectivity index (χ0n) is 8.31. The van der Waals surface area contributed by atoms with E-state index in [1.165, 1.54) is 18.5 Å². The van der Waals surface area contributed by atoms with Gasteiger partial charge >= 0.3 is 0 Å². The summed E-state index contributed by atoms with van der Waals surface area (Å²) in [4.78, 5) is 4.02. The van der Waals surface area contributed by atoms with E-state index in [1.807, 2.05) is 6.92 Å². The lowest BCUT2D eigenvalue weighted by Gasteiger charge is -2.04. The molecular weight excluding hydrogens is 195 g/mol. The monoisotopic (exact) mass is 206 g/mol. The van der Waals surface area contributed by atoms with Gasteiger partial charge in [0.05, 0.1) is 5.56 Å². The Morgan fingerprint density at radius 3 is 3.00 bits per heavy atom. The summed E-state index contributed by atoms with van der Waals surface area (Å²) in [7, 11) is 0. The standard InChI is InChI=1S/C10H11FN4/c1-2-15-10(13-6-14-15)8-5-7(12)3-4-9(8)11/h3-6H,2,12H2,1H3. The van der Waals surface area contributed by atoms with Gasteiger partial charge in [-0.15, -0.1) is 0 Å². The van der Waals surface area contributed by atoms with Crippen LogP contribution in [0.15, 0.2) is 24.5 Å². The van der Waals surface area contributed by atoms with Crippen LogP contribution in [0.4, 0.5) is 10.1 Å². The molecule has 2 N–H and O–H groups in total. The number of aromatic nitrogens is 3. The van der Waals surface area contributed by atoms with Gasteiger partial charge in [0.1, 0.15) is 12.1 Å². The van der Waals surface area contributed by atoms with Gasteiger partial charge in [-0.05, 0) is 25.1 Å². The van der Waals surface area contributed by atoms with Crippen LogP contribution in [-0.4, -0.2) is 14.8 Å². The predicted octanol–water partition coefficient (Wildman–Crippen LogP) is 1.69. The molecule has 5 heteroatoms. The molecule has 0 aliphatic heterocycles. The highest BCUT2D eigenvalue weighted by molar-refractivity contribution is 5.61. The Morgan fingerprint density at radius 1 is 1.47 bits per heavy atom. The average molecular weight is 206 g/mol. The molecule has 0 unspecified atom stereocenters. The number of nitrogen functional groups attached to an aromatic ring is 1. The summed E-state index contributed by atoms with van der Waals surface area (Å²) >= 11 is 0. The minimum Gasteiger partial charge on any atom is -0.399 e. The highest BCUT2D eigenvalue weighted by Crippen LogP contribution is 2.22. The van der Waals surface area contributed by atoms with Crippen molar-refractivity contribution in [3.8, 4) is 11.4 Å². The molecule has 0 fully saturated rings. The van der Waals surface area contributed by atoms with Gasteiger partial charge in [0.25, 0.3) is 0 Å². The Balaban J connectivity index is 2.58. The summed E-state index contributed by atoms with van der Waals surface area (Å²) in [6, 6.07) is 4.41. The molecule has 4 nitrogen and oxygen atoms in total. The molecule has 1 heterocycles. The van der Waals surface area contributed by atoms with E-state index in [2.05, 4.69) is 10.1 Å². The number of rotatable bonds is 2. The Bertz CT molecular complexity index is 478. The fourth-order valence-corrected chi connectivity index (χ4v) is 1.42. The SMILES string of the molecule is CCn1ncnc1-c1cc(N)ccc1F. The van der Waals surface area contributed by atoms with Crippen LogP contribution in [0.5, 0.6) is 0 Å². The number of hydrogen-bond acceptors (Lipinski definition) is 3. The van der Waals surface area contributed by atoms with Gasteiger partial charge in [-0.3, -0.25) is 0 Å². The number of nitrogens with zero attached hydrogens (tertiary/aromatic N) is 3. The van der Waals surface area contributed by atoms with Crippen LogP contribution in [0.2, 0.25) is 0 Å². The van der Waals surface area contributed by atoms with E-state index in [4.69, 9.17) is 5.73 Å². The first-order valence-corrected chi connectivity index (χ1v) is 4.65. The first-order valence-electron chi connectivity index (χ1n) is 4.65. The van der Waals surface area contributed by atoms with E-state index in [-0.39, 0.29) is 5.82 Å². The minimum atomic E-state index is -0.341. The predicted molar refractivity (Wildman–Crippen MR) is 55.5 cm³/mol. The molecule has 1 aromatic heterocycles. The molecule has 0 saturated carbocycles. The third kappa shape index (κ3) is 1.68. The molecule has 0 atom stereocenters. The summed E-state index contributed by atoms with van der Waals surface area (Å²) in [6.07, 6.45) is 1.40. The molecule has 1 aromatic carbocycles. The van der Waals surface area contributed by atoms with E-state index in [0.29, 0.717) is 23.6 Å². The smallest absolute Gasteiger partial charge is 0.161 e. The fraction of sp³-hybridized carbons (Fsp3) is 0.200. The second-order valence-corrected chi connectivity index (χ2v) is 3.14. The molecule has 0 spiro atoms. The van der Waals surface area contributed by atoms with Crippen molar-refractivity contribution in [3.63, 3.8) is 0 Å². The van der Waals surface area contributed by atoms with Gasteiger partial charge in [-0.2, -0.15) is 5.10 Å². The molecule has 2 aromatic rings. The van der Waals surface area contributed by atoms with Crippen molar-refractivity contribution >= 4 is 5.69 Å². The van der Waals surface area contributed by atoms with Gasteiger partial charge in [0, 0.05) is 12.2 Å². The molecule has 0 aliphatic carbocycles. The van der Waals surface area contributed by atoms with E-state index >= 15 is 0 Å². The second kappa shape index (κ2) is 3.68. The quantitative estimate of drug-likeness (QED) is 0.760. The highest BCUT2D eigenvalue weighted by Gasteiger charge is 2.11. The average Bonchev–Trinajstić information content (AvgIpc) is 2.69. The van der Waals surface area contributed by atoms with Crippen molar-refractivity contribution in [1.82, 2.24) is 14.8 Å². The summed E-state index contributed by atoms with van der Waals surface area (Å²) in [5.74, 6) is 0.161. The lowest BCUT2D eigenvalue weighted by atomic mass is 10.2. The van der Waals surface area contributed by atoms with Crippen molar-refractivity contribution in [2.24, 2.45) is 0 Å². The molecule has 0 aliphatic rings. The van der Waals surface area contributed by atoms with Crippen molar-refractivity contribution in [3.05, 3.63) is 30.3 Å². The third-order valence-corrected chi connectivity index (χ3v) is 2.15. The van der Waals surface area contributed by atoms with Crippen LogP contribution in [0.1, 0.15) is 6.92 Å². The number of aryl methyl sites for hydroxylation is 1. The molecule has 0 saturated heterocycles. The van der Waals surface area contributed by atoms with Crippen molar-refractivity contribution in [2.45, 2.75) is 13.5 Å². The normalized spacial score (nSPS) is 10.5. The lowest BCUT2D eigenvalue weighted by Crippen LogP contribution is -2.01. The van der Waals surface area contributed by atoms with Crippen LogP contribution in [0, 0.1) is 5.82 Å². The number of nitrogens with two attached hydrogens (primary N) is 1. The molecule has 0 bridgehead atoms. The summed E-state index contributed by atoms with van der Waals surface area (Å²) in [6.45, 7) is 2.56. The Labute approximate surface area is 86.6 Å². The molecular formula is C10H11FN4. The van der Waals surface area contributed by atoms with Gasteiger partial charge in [-0.25, -0.2) is 14.1 Å². The van der Waals surface area contributed by atoms with Crippen molar-refractivity contribution in [1.29, 1.82) is 0 Å². The van der Waals surface area contributed by atoms with Crippen LogP contribution in [0.3, 0.4) is 0 Å². The second-order valence-electron chi connectivity index (χ2n) is 3.14. The third-order valence-electron chi connectivity index (χ3n) is 2.15. The first-order chi connectivity index (χ1) is 7.22.